The molecule has 1 nitrogen and oxygen atoms in total. The first kappa shape index (κ1) is 23.7. The van der Waals surface area contributed by atoms with Crippen LogP contribution in [0.1, 0.15) is 31.4 Å². The maximum absolute atomic E-state index is 14.9. The fourth-order valence-electron chi connectivity index (χ4n) is 3.21. The van der Waals surface area contributed by atoms with E-state index in [4.69, 9.17) is 0 Å². The Hall–Kier alpha value is -1.59. The Morgan fingerprint density at radius 2 is 1.17 bits per heavy atom. The van der Waals surface area contributed by atoms with Crippen LogP contribution in [0, 0.1) is 0 Å². The Balaban J connectivity index is 2.70. The van der Waals surface area contributed by atoms with Gasteiger partial charge in [-0.15, -0.1) is 0 Å². The fourth-order valence-corrected chi connectivity index (χ4v) is 3.21. The van der Waals surface area contributed by atoms with Crippen molar-refractivity contribution in [1.82, 2.24) is 0 Å². The van der Waals surface area contributed by atoms with Crippen LogP contribution in [0.25, 0.3) is 0 Å². The van der Waals surface area contributed by atoms with Gasteiger partial charge in [0.25, 0.3) is 5.67 Å². The number of rotatable bonds is 4. The molecule has 1 N–H and O–H groups in total. The molecule has 0 bridgehead atoms. The van der Waals surface area contributed by atoms with Gasteiger partial charge in [0.2, 0.25) is 0 Å². The van der Waals surface area contributed by atoms with Gasteiger partial charge in [-0.2, -0.15) is 43.9 Å². The molecule has 0 saturated heterocycles. The summed E-state index contributed by atoms with van der Waals surface area (Å²) >= 11 is 0. The van der Waals surface area contributed by atoms with Crippen LogP contribution in [0.2, 0.25) is 0 Å². The average molecular weight is 444 g/mol. The van der Waals surface area contributed by atoms with Crippen LogP contribution in [0.5, 0.6) is 0 Å². The molecule has 1 aromatic rings. The van der Waals surface area contributed by atoms with Gasteiger partial charge >= 0.3 is 29.6 Å². The first-order valence-corrected chi connectivity index (χ1v) is 8.14. The molecule has 0 aliphatic heterocycles. The Labute approximate surface area is 157 Å². The van der Waals surface area contributed by atoms with E-state index in [9.17, 15) is 53.4 Å². The number of benzene rings is 1. The topological polar surface area (TPSA) is 20.2 Å². The van der Waals surface area contributed by atoms with E-state index >= 15 is 0 Å². The van der Waals surface area contributed by atoms with Crippen LogP contribution in [0.3, 0.4) is 0 Å². The molecule has 12 heteroatoms. The van der Waals surface area contributed by atoms with Gasteiger partial charge in [-0.25, -0.2) is 4.39 Å². The summed E-state index contributed by atoms with van der Waals surface area (Å²) in [5, 5.41) is 10.3. The molecule has 1 aromatic carbocycles. The first-order chi connectivity index (χ1) is 12.7. The zero-order valence-electron chi connectivity index (χ0n) is 14.8. The van der Waals surface area contributed by atoms with Crippen molar-refractivity contribution >= 4 is 0 Å². The molecule has 2 rings (SSSR count). The van der Waals surface area contributed by atoms with Gasteiger partial charge in [-0.1, -0.05) is 31.2 Å². The van der Waals surface area contributed by atoms with Crippen LogP contribution in [-0.2, 0) is 12.0 Å². The second kappa shape index (κ2) is 6.21. The molecular weight excluding hydrogens is 429 g/mol. The molecular formula is C17H15F11O. The van der Waals surface area contributed by atoms with Crippen molar-refractivity contribution in [2.45, 2.75) is 67.6 Å². The van der Waals surface area contributed by atoms with Crippen LogP contribution in [0.4, 0.5) is 48.3 Å². The van der Waals surface area contributed by atoms with Crippen molar-refractivity contribution in [3.05, 3.63) is 35.4 Å². The van der Waals surface area contributed by atoms with Crippen LogP contribution < -0.4 is 0 Å². The summed E-state index contributed by atoms with van der Waals surface area (Å²) in [5.41, 5.74) is -9.50. The van der Waals surface area contributed by atoms with E-state index in [0.717, 1.165) is 12.1 Å². The number of hydrogen-bond donors (Lipinski definition) is 1. The summed E-state index contributed by atoms with van der Waals surface area (Å²) in [6.45, 7) is 2.02. The molecule has 1 aliphatic carbocycles. The minimum absolute atomic E-state index is 0.263. The maximum Gasteiger partial charge on any atom is 0.384 e. The van der Waals surface area contributed by atoms with Crippen LogP contribution in [0.15, 0.2) is 24.3 Å². The molecule has 1 aliphatic rings. The van der Waals surface area contributed by atoms with Crippen LogP contribution >= 0.6 is 0 Å². The van der Waals surface area contributed by atoms with E-state index in [-0.39, 0.29) is 6.42 Å². The number of hydrogen-bond acceptors (Lipinski definition) is 1. The Kier molecular flexibility index (Phi) is 5.07. The van der Waals surface area contributed by atoms with E-state index in [1.54, 1.807) is 6.92 Å². The lowest BCUT2D eigenvalue weighted by Crippen LogP contribution is -2.84. The van der Waals surface area contributed by atoms with E-state index in [0.29, 0.717) is 12.5 Å². The zero-order chi connectivity index (χ0) is 22.9. The fraction of sp³-hybridized carbons (Fsp3) is 0.647. The SMILES string of the molecule is CCc1cccc(C(C)(O)CC2(F)C(F)(F)C(F)(F)C(F)(F)C(F)(F)C2(F)F)c1. The highest BCUT2D eigenvalue weighted by Gasteiger charge is 3.01. The predicted molar refractivity (Wildman–Crippen MR) is 78.6 cm³/mol. The van der Waals surface area contributed by atoms with Gasteiger partial charge in [0, 0.05) is 6.42 Å². The summed E-state index contributed by atoms with van der Waals surface area (Å²) in [4.78, 5) is 0. The smallest absolute Gasteiger partial charge is 0.384 e. The van der Waals surface area contributed by atoms with E-state index in [1.165, 1.54) is 12.1 Å². The molecule has 0 heterocycles. The van der Waals surface area contributed by atoms with E-state index < -0.39 is 52.9 Å². The molecule has 29 heavy (non-hydrogen) atoms. The summed E-state index contributed by atoms with van der Waals surface area (Å²) in [6, 6.07) is 4.55. The monoisotopic (exact) mass is 444 g/mol. The lowest BCUT2D eigenvalue weighted by Gasteiger charge is -2.53. The summed E-state index contributed by atoms with van der Waals surface area (Å²) in [7, 11) is 0. The summed E-state index contributed by atoms with van der Waals surface area (Å²) < 4.78 is 152. The van der Waals surface area contributed by atoms with Crippen molar-refractivity contribution in [1.29, 1.82) is 0 Å². The van der Waals surface area contributed by atoms with Crippen LogP contribution in [-0.4, -0.2) is 40.4 Å². The Morgan fingerprint density at radius 3 is 1.59 bits per heavy atom. The second-order valence-corrected chi connectivity index (χ2v) is 7.18. The quantitative estimate of drug-likeness (QED) is 0.587. The molecule has 166 valence electrons. The Bertz CT molecular complexity index is 755. The van der Waals surface area contributed by atoms with Crippen molar-refractivity contribution in [3.8, 4) is 0 Å². The third-order valence-corrected chi connectivity index (χ3v) is 5.12. The second-order valence-electron chi connectivity index (χ2n) is 7.18. The summed E-state index contributed by atoms with van der Waals surface area (Å²) in [6.07, 6.45) is -2.45. The molecule has 0 spiro atoms. The lowest BCUT2D eigenvalue weighted by atomic mass is 9.67. The van der Waals surface area contributed by atoms with Gasteiger partial charge in [-0.05, 0) is 24.5 Å². The molecule has 1 atom stereocenters. The lowest BCUT2D eigenvalue weighted by molar-refractivity contribution is -0.488. The van der Waals surface area contributed by atoms with Gasteiger partial charge in [0.15, 0.2) is 0 Å². The highest BCUT2D eigenvalue weighted by Crippen LogP contribution is 2.71. The first-order valence-electron chi connectivity index (χ1n) is 8.14. The maximum atomic E-state index is 14.9. The van der Waals surface area contributed by atoms with E-state index in [1.807, 2.05) is 0 Å². The molecule has 1 saturated carbocycles. The highest BCUT2D eigenvalue weighted by atomic mass is 19.4. The van der Waals surface area contributed by atoms with Gasteiger partial charge in [0.1, 0.15) is 0 Å². The third-order valence-electron chi connectivity index (χ3n) is 5.12. The standard InChI is InChI=1S/C17H15F11O/c1-3-9-5-4-6-10(7-9)11(2,29)8-12(18)13(19,20)15(23,24)17(27,28)16(25,26)14(12,21)22/h4-7,29H,3,8H2,1-2H3. The Morgan fingerprint density at radius 1 is 0.759 bits per heavy atom. The third kappa shape index (κ3) is 2.70. The van der Waals surface area contributed by atoms with Gasteiger partial charge in [-0.3, -0.25) is 0 Å². The largest absolute Gasteiger partial charge is 0.385 e. The molecule has 1 unspecified atom stereocenters. The van der Waals surface area contributed by atoms with Crippen molar-refractivity contribution in [2.24, 2.45) is 0 Å². The van der Waals surface area contributed by atoms with Crippen molar-refractivity contribution < 1.29 is 53.4 Å². The van der Waals surface area contributed by atoms with Gasteiger partial charge < -0.3 is 5.11 Å². The number of alkyl halides is 11. The molecule has 0 aromatic heterocycles. The molecule has 1 fully saturated rings. The zero-order valence-corrected chi connectivity index (χ0v) is 14.8. The predicted octanol–water partition coefficient (Wildman–Crippen LogP) is 5.75. The number of aryl methyl sites for hydroxylation is 1. The normalized spacial score (nSPS) is 27.8. The van der Waals surface area contributed by atoms with Crippen molar-refractivity contribution in [2.75, 3.05) is 0 Å². The molecule has 0 radical (unpaired) electrons. The highest BCUT2D eigenvalue weighted by molar-refractivity contribution is 5.32. The minimum atomic E-state index is -7.27. The van der Waals surface area contributed by atoms with E-state index in [2.05, 4.69) is 0 Å². The summed E-state index contributed by atoms with van der Waals surface area (Å²) in [5.74, 6) is -35.5. The van der Waals surface area contributed by atoms with Crippen molar-refractivity contribution in [3.63, 3.8) is 0 Å². The minimum Gasteiger partial charge on any atom is -0.385 e. The number of aliphatic hydroxyl groups is 1. The van der Waals surface area contributed by atoms with Gasteiger partial charge in [0.05, 0.1) is 5.60 Å². The number of halogens is 11. The average Bonchev–Trinajstić information content (AvgIpc) is 2.59. The molecule has 0 amide bonds.